The molecule has 9 nitrogen and oxygen atoms in total. The number of carbonyl (C=O) groups is 6. The predicted octanol–water partition coefficient (Wildman–Crippen LogP) is 0.122. The van der Waals surface area contributed by atoms with Gasteiger partial charge in [0.1, 0.15) is 0 Å². The quantitative estimate of drug-likeness (QED) is 0.365. The van der Waals surface area contributed by atoms with E-state index in [1.165, 1.54) is 0 Å². The fourth-order valence-corrected chi connectivity index (χ4v) is 5.92. The Morgan fingerprint density at radius 2 is 0.826 bits per heavy atom. The Kier molecular flexibility index (Phi) is 8.65. The van der Waals surface area contributed by atoms with Crippen LogP contribution in [0.25, 0.3) is 0 Å². The van der Waals surface area contributed by atoms with Crippen molar-refractivity contribution in [3.05, 3.63) is 0 Å². The van der Waals surface area contributed by atoms with Crippen molar-refractivity contribution < 1.29 is 38.0 Å². The Labute approximate surface area is 138 Å². The van der Waals surface area contributed by atoms with Gasteiger partial charge < -0.3 is 0 Å². The summed E-state index contributed by atoms with van der Waals surface area (Å²) in [6, 6.07) is 0. The fraction of sp³-hybridized carbons (Fsp3) is 0.538. The van der Waals surface area contributed by atoms with Gasteiger partial charge in [-0.1, -0.05) is 0 Å². The molecule has 0 fully saturated rings. The second kappa shape index (κ2) is 9.38. The molecule has 128 valence electrons. The molecule has 0 aromatic carbocycles. The van der Waals surface area contributed by atoms with Gasteiger partial charge in [-0.05, 0) is 0 Å². The van der Waals surface area contributed by atoms with Gasteiger partial charge >= 0.3 is 138 Å². The molecular formula is C13H18O9Sn. The average molecular weight is 437 g/mol. The molecule has 0 amide bonds. The van der Waals surface area contributed by atoms with Crippen molar-refractivity contribution in [3.63, 3.8) is 0 Å². The standard InChI is InChI=1S/3C4H6O3.CH3.Sn/c3*1-3(5)2-4(6)7;;/h3*2H2,1H3,(H,6,7);1H3;/q;;;;+3/p-3. The topological polar surface area (TPSA) is 130 Å². The average Bonchev–Trinajstić information content (AvgIpc) is 2.22. The summed E-state index contributed by atoms with van der Waals surface area (Å²) in [6.45, 7) is 3.45. The van der Waals surface area contributed by atoms with E-state index in [9.17, 15) is 28.8 Å². The zero-order valence-electron chi connectivity index (χ0n) is 13.3. The third kappa shape index (κ3) is 10.6. The van der Waals surface area contributed by atoms with E-state index in [4.69, 9.17) is 9.22 Å². The maximum absolute atomic E-state index is 11.6. The van der Waals surface area contributed by atoms with Gasteiger partial charge in [-0.3, -0.25) is 0 Å². The van der Waals surface area contributed by atoms with Gasteiger partial charge in [-0.25, -0.2) is 0 Å². The van der Waals surface area contributed by atoms with Crippen molar-refractivity contribution in [2.75, 3.05) is 0 Å². The zero-order valence-corrected chi connectivity index (χ0v) is 16.1. The second-order valence-electron chi connectivity index (χ2n) is 4.92. The second-order valence-corrected chi connectivity index (χ2v) is 11.6. The molecule has 0 heterocycles. The van der Waals surface area contributed by atoms with Crippen LogP contribution in [0.1, 0.15) is 40.0 Å². The first-order valence-electron chi connectivity index (χ1n) is 6.57. The Morgan fingerprint density at radius 3 is 1.00 bits per heavy atom. The van der Waals surface area contributed by atoms with Crippen LogP contribution in [0.2, 0.25) is 4.94 Å². The van der Waals surface area contributed by atoms with Gasteiger partial charge in [0.25, 0.3) is 0 Å². The van der Waals surface area contributed by atoms with Crippen molar-refractivity contribution in [1.82, 2.24) is 0 Å². The first kappa shape index (κ1) is 21.2. The number of hydrogen-bond donors (Lipinski definition) is 0. The van der Waals surface area contributed by atoms with Crippen LogP contribution < -0.4 is 0 Å². The summed E-state index contributed by atoms with van der Waals surface area (Å²) < 4.78 is 14.7. The van der Waals surface area contributed by atoms with Crippen LogP contribution in [0.4, 0.5) is 0 Å². The molecule has 10 heteroatoms. The van der Waals surface area contributed by atoms with Crippen LogP contribution >= 0.6 is 0 Å². The third-order valence-electron chi connectivity index (χ3n) is 2.08. The summed E-state index contributed by atoms with van der Waals surface area (Å²) >= 11 is -5.00. The van der Waals surface area contributed by atoms with E-state index in [0.29, 0.717) is 0 Å². The summed E-state index contributed by atoms with van der Waals surface area (Å²) in [5.74, 6) is -4.51. The molecule has 0 N–H and O–H groups in total. The van der Waals surface area contributed by atoms with Crippen molar-refractivity contribution in [3.8, 4) is 0 Å². The molecule has 0 aromatic rings. The summed E-state index contributed by atoms with van der Waals surface area (Å²) in [5, 5.41) is 0. The molecule has 0 aliphatic carbocycles. The third-order valence-corrected chi connectivity index (χ3v) is 7.20. The monoisotopic (exact) mass is 438 g/mol. The Bertz CT molecular complexity index is 463. The first-order chi connectivity index (χ1) is 10.4. The van der Waals surface area contributed by atoms with Crippen molar-refractivity contribution in [2.24, 2.45) is 0 Å². The molecule has 23 heavy (non-hydrogen) atoms. The van der Waals surface area contributed by atoms with Gasteiger partial charge in [0.05, 0.1) is 0 Å². The van der Waals surface area contributed by atoms with Gasteiger partial charge in [0, 0.05) is 0 Å². The minimum absolute atomic E-state index is 0.492. The molecule has 0 saturated heterocycles. The number of carbonyl (C=O) groups excluding carboxylic acids is 6. The van der Waals surface area contributed by atoms with Crippen molar-refractivity contribution in [1.29, 1.82) is 0 Å². The van der Waals surface area contributed by atoms with Crippen LogP contribution in [0, 0.1) is 0 Å². The van der Waals surface area contributed by atoms with Crippen LogP contribution in [0.5, 0.6) is 0 Å². The summed E-state index contributed by atoms with van der Waals surface area (Å²) in [6.07, 6.45) is -1.75. The van der Waals surface area contributed by atoms with Crippen LogP contribution in [-0.2, 0) is 38.0 Å². The number of Topliss-reactive ketones (excluding diaryl/α,β-unsaturated/α-hetero) is 3. The molecule has 0 aliphatic heterocycles. The van der Waals surface area contributed by atoms with Crippen molar-refractivity contribution >= 4 is 54.9 Å². The van der Waals surface area contributed by atoms with Gasteiger partial charge in [0.15, 0.2) is 0 Å². The summed E-state index contributed by atoms with van der Waals surface area (Å²) in [5.41, 5.74) is 0. The molecule has 0 bridgehead atoms. The van der Waals surface area contributed by atoms with E-state index in [2.05, 4.69) is 0 Å². The fourth-order valence-electron chi connectivity index (χ4n) is 1.40. The Morgan fingerprint density at radius 1 is 0.609 bits per heavy atom. The molecule has 0 aliphatic rings. The van der Waals surface area contributed by atoms with E-state index >= 15 is 0 Å². The minimum atomic E-state index is -5.00. The maximum atomic E-state index is 11.6. The van der Waals surface area contributed by atoms with E-state index < -0.39 is 74.1 Å². The number of hydrogen-bond acceptors (Lipinski definition) is 9. The van der Waals surface area contributed by atoms with Crippen LogP contribution in [-0.4, -0.2) is 54.9 Å². The van der Waals surface area contributed by atoms with Gasteiger partial charge in [-0.2, -0.15) is 0 Å². The number of rotatable bonds is 9. The Balaban J connectivity index is 5.08. The predicted molar refractivity (Wildman–Crippen MR) is 75.8 cm³/mol. The summed E-state index contributed by atoms with van der Waals surface area (Å²) in [7, 11) is 0. The van der Waals surface area contributed by atoms with E-state index in [0.717, 1.165) is 25.7 Å². The molecule has 0 atom stereocenters. The normalized spacial score (nSPS) is 10.4. The first-order valence-corrected chi connectivity index (χ1v) is 12.9. The van der Waals surface area contributed by atoms with Crippen molar-refractivity contribution in [2.45, 2.75) is 45.0 Å². The molecule has 0 unspecified atom stereocenters. The number of ketones is 3. The van der Waals surface area contributed by atoms with Gasteiger partial charge in [-0.15, -0.1) is 0 Å². The van der Waals surface area contributed by atoms with E-state index in [1.54, 1.807) is 0 Å². The molecule has 0 saturated carbocycles. The van der Waals surface area contributed by atoms with Gasteiger partial charge in [0.2, 0.25) is 0 Å². The van der Waals surface area contributed by atoms with Crippen LogP contribution in [0.3, 0.4) is 0 Å². The molecule has 0 aromatic heterocycles. The van der Waals surface area contributed by atoms with E-state index in [-0.39, 0.29) is 0 Å². The summed E-state index contributed by atoms with van der Waals surface area (Å²) in [4.78, 5) is 68.5. The van der Waals surface area contributed by atoms with Crippen LogP contribution in [0.15, 0.2) is 0 Å². The molecular weight excluding hydrogens is 419 g/mol. The molecule has 0 radical (unpaired) electrons. The molecule has 0 rings (SSSR count). The SMILES string of the molecule is CC(=O)CC(=O)[O][Sn]([CH3])([O]C(=O)CC(C)=O)[O]C(=O)CC(C)=O. The molecule has 0 spiro atoms. The van der Waals surface area contributed by atoms with E-state index in [1.807, 2.05) is 0 Å². The zero-order chi connectivity index (χ0) is 18.2. The Hall–Kier alpha value is -1.78.